The molecule has 2 aliphatic rings. The first-order chi connectivity index (χ1) is 10.5. The van der Waals surface area contributed by atoms with Crippen LogP contribution in [0.25, 0.3) is 0 Å². The maximum absolute atomic E-state index is 10.5. The molecule has 23 heavy (non-hydrogen) atoms. The molecule has 128 valence electrons. The lowest BCUT2D eigenvalue weighted by molar-refractivity contribution is 0.0812. The van der Waals surface area contributed by atoms with Gasteiger partial charge in [0.05, 0.1) is 0 Å². The Hall–Kier alpha value is -1.08. The van der Waals surface area contributed by atoms with Crippen LogP contribution in [0.2, 0.25) is 0 Å². The standard InChI is InChI=1S/C22H34O/c1-12-13(2)17(6)21(9,16(12)5)20(11-23)22(10)18(7)14(3)15(4)19(22)8/h20,23H,11H2,1-10H3. The Labute approximate surface area is 142 Å². The summed E-state index contributed by atoms with van der Waals surface area (Å²) in [5.74, 6) is 0.162. The summed E-state index contributed by atoms with van der Waals surface area (Å²) in [4.78, 5) is 0. The molecule has 0 radical (unpaired) electrons. The third-order valence-electron chi connectivity index (χ3n) is 8.07. The molecule has 1 heteroatoms. The first kappa shape index (κ1) is 18.3. The third-order valence-corrected chi connectivity index (χ3v) is 8.07. The Morgan fingerprint density at radius 1 is 0.609 bits per heavy atom. The van der Waals surface area contributed by atoms with Gasteiger partial charge in [-0.3, -0.25) is 0 Å². The molecule has 0 aromatic rings. The zero-order chi connectivity index (χ0) is 17.9. The lowest BCUT2D eigenvalue weighted by Crippen LogP contribution is -2.43. The quantitative estimate of drug-likeness (QED) is 0.679. The molecule has 0 unspecified atom stereocenters. The van der Waals surface area contributed by atoms with E-state index in [0.717, 1.165) is 0 Å². The first-order valence-electron chi connectivity index (χ1n) is 8.80. The minimum atomic E-state index is -0.0783. The molecule has 2 rings (SSSR count). The summed E-state index contributed by atoms with van der Waals surface area (Å²) in [6.07, 6.45) is 0. The van der Waals surface area contributed by atoms with E-state index in [0.29, 0.717) is 0 Å². The van der Waals surface area contributed by atoms with Gasteiger partial charge in [-0.25, -0.2) is 0 Å². The van der Waals surface area contributed by atoms with Gasteiger partial charge in [0.25, 0.3) is 0 Å². The molecule has 0 atom stereocenters. The van der Waals surface area contributed by atoms with Gasteiger partial charge in [0.15, 0.2) is 0 Å². The number of allylic oxidation sites excluding steroid dienone is 8. The minimum absolute atomic E-state index is 0.0783. The van der Waals surface area contributed by atoms with Crippen LogP contribution in [0, 0.1) is 16.7 Å². The Morgan fingerprint density at radius 2 is 0.826 bits per heavy atom. The van der Waals surface area contributed by atoms with Crippen molar-refractivity contribution in [2.75, 3.05) is 6.61 Å². The van der Waals surface area contributed by atoms with E-state index in [1.807, 2.05) is 0 Å². The van der Waals surface area contributed by atoms with Gasteiger partial charge in [0.2, 0.25) is 0 Å². The van der Waals surface area contributed by atoms with Crippen molar-refractivity contribution in [3.05, 3.63) is 44.6 Å². The van der Waals surface area contributed by atoms with Crippen molar-refractivity contribution in [2.24, 2.45) is 16.7 Å². The van der Waals surface area contributed by atoms with Crippen LogP contribution in [0.3, 0.4) is 0 Å². The van der Waals surface area contributed by atoms with Crippen molar-refractivity contribution in [1.82, 2.24) is 0 Å². The average molecular weight is 315 g/mol. The predicted octanol–water partition coefficient (Wildman–Crippen LogP) is 5.98. The number of hydrogen-bond donors (Lipinski definition) is 1. The lowest BCUT2D eigenvalue weighted by Gasteiger charge is -2.48. The molecule has 0 saturated heterocycles. The van der Waals surface area contributed by atoms with E-state index in [1.165, 1.54) is 44.6 Å². The van der Waals surface area contributed by atoms with E-state index in [2.05, 4.69) is 69.2 Å². The van der Waals surface area contributed by atoms with E-state index in [1.54, 1.807) is 0 Å². The van der Waals surface area contributed by atoms with Gasteiger partial charge in [-0.15, -0.1) is 0 Å². The molecular weight excluding hydrogens is 280 g/mol. The second-order valence-electron chi connectivity index (χ2n) is 8.14. The second kappa shape index (κ2) is 5.48. The molecule has 0 aromatic heterocycles. The molecule has 2 aliphatic carbocycles. The van der Waals surface area contributed by atoms with Gasteiger partial charge in [-0.2, -0.15) is 0 Å². The summed E-state index contributed by atoms with van der Waals surface area (Å²) in [7, 11) is 0. The van der Waals surface area contributed by atoms with Crippen LogP contribution in [0.1, 0.15) is 69.2 Å². The molecule has 0 aliphatic heterocycles. The van der Waals surface area contributed by atoms with Gasteiger partial charge in [0, 0.05) is 23.4 Å². The Kier molecular flexibility index (Phi) is 4.35. The molecule has 0 bridgehead atoms. The maximum atomic E-state index is 10.5. The summed E-state index contributed by atoms with van der Waals surface area (Å²) in [6, 6.07) is 0. The van der Waals surface area contributed by atoms with Crippen LogP contribution >= 0.6 is 0 Å². The summed E-state index contributed by atoms with van der Waals surface area (Å²) in [5, 5.41) is 10.5. The topological polar surface area (TPSA) is 20.2 Å². The summed E-state index contributed by atoms with van der Waals surface area (Å²) in [6.45, 7) is 22.8. The Morgan fingerprint density at radius 3 is 1.00 bits per heavy atom. The van der Waals surface area contributed by atoms with Gasteiger partial charge < -0.3 is 5.11 Å². The second-order valence-corrected chi connectivity index (χ2v) is 8.14. The zero-order valence-corrected chi connectivity index (χ0v) is 16.7. The predicted molar refractivity (Wildman–Crippen MR) is 100 cm³/mol. The molecule has 0 fully saturated rings. The largest absolute Gasteiger partial charge is 0.396 e. The van der Waals surface area contributed by atoms with Crippen LogP contribution in [-0.4, -0.2) is 11.7 Å². The van der Waals surface area contributed by atoms with Crippen LogP contribution < -0.4 is 0 Å². The molecule has 0 amide bonds. The minimum Gasteiger partial charge on any atom is -0.396 e. The molecule has 0 spiro atoms. The number of rotatable bonds is 3. The molecule has 1 N–H and O–H groups in total. The SMILES string of the molecule is CC1=C(C)C(C)(C(CO)C2(C)C(C)=C(C)C(C)=C2C)C(C)=C1C. The first-order valence-corrected chi connectivity index (χ1v) is 8.80. The van der Waals surface area contributed by atoms with Crippen molar-refractivity contribution < 1.29 is 5.11 Å². The third kappa shape index (κ3) is 2.02. The average Bonchev–Trinajstić information content (AvgIpc) is 2.76. The van der Waals surface area contributed by atoms with Gasteiger partial charge in [-0.1, -0.05) is 36.1 Å². The maximum Gasteiger partial charge on any atom is 0.0482 e. The van der Waals surface area contributed by atoms with E-state index in [-0.39, 0.29) is 23.4 Å². The fraction of sp³-hybridized carbons (Fsp3) is 0.636. The van der Waals surface area contributed by atoms with Gasteiger partial charge >= 0.3 is 0 Å². The normalized spacial score (nSPS) is 24.0. The van der Waals surface area contributed by atoms with E-state index >= 15 is 0 Å². The van der Waals surface area contributed by atoms with Crippen molar-refractivity contribution in [3.8, 4) is 0 Å². The lowest BCUT2D eigenvalue weighted by atomic mass is 9.56. The Bertz CT molecular complexity index is 573. The molecule has 0 heterocycles. The van der Waals surface area contributed by atoms with Crippen LogP contribution in [-0.2, 0) is 0 Å². The molecule has 1 nitrogen and oxygen atoms in total. The highest BCUT2D eigenvalue weighted by Crippen LogP contribution is 2.62. The van der Waals surface area contributed by atoms with Gasteiger partial charge in [-0.05, 0) is 77.7 Å². The molecular formula is C22H34O. The monoisotopic (exact) mass is 314 g/mol. The van der Waals surface area contributed by atoms with Crippen molar-refractivity contribution >= 4 is 0 Å². The van der Waals surface area contributed by atoms with Crippen molar-refractivity contribution in [1.29, 1.82) is 0 Å². The fourth-order valence-electron chi connectivity index (χ4n) is 5.23. The Balaban J connectivity index is 2.73. The molecule has 0 aromatic carbocycles. The van der Waals surface area contributed by atoms with Crippen molar-refractivity contribution in [2.45, 2.75) is 69.2 Å². The van der Waals surface area contributed by atoms with Gasteiger partial charge in [0.1, 0.15) is 0 Å². The zero-order valence-electron chi connectivity index (χ0n) is 16.7. The highest BCUT2D eigenvalue weighted by molar-refractivity contribution is 5.55. The number of aliphatic hydroxyl groups is 1. The number of hydrogen-bond acceptors (Lipinski definition) is 1. The van der Waals surface area contributed by atoms with Crippen LogP contribution in [0.15, 0.2) is 44.6 Å². The molecule has 0 saturated carbocycles. The van der Waals surface area contributed by atoms with E-state index in [4.69, 9.17) is 0 Å². The van der Waals surface area contributed by atoms with Crippen LogP contribution in [0.5, 0.6) is 0 Å². The summed E-state index contributed by atoms with van der Waals surface area (Å²) < 4.78 is 0. The summed E-state index contributed by atoms with van der Waals surface area (Å²) in [5.41, 5.74) is 11.2. The smallest absolute Gasteiger partial charge is 0.0482 e. The fourth-order valence-corrected chi connectivity index (χ4v) is 5.23. The highest BCUT2D eigenvalue weighted by atomic mass is 16.3. The number of aliphatic hydroxyl groups excluding tert-OH is 1. The van der Waals surface area contributed by atoms with E-state index < -0.39 is 0 Å². The van der Waals surface area contributed by atoms with Crippen LogP contribution in [0.4, 0.5) is 0 Å². The van der Waals surface area contributed by atoms with E-state index in [9.17, 15) is 5.11 Å². The summed E-state index contributed by atoms with van der Waals surface area (Å²) >= 11 is 0. The highest BCUT2D eigenvalue weighted by Gasteiger charge is 2.53. The van der Waals surface area contributed by atoms with Crippen molar-refractivity contribution in [3.63, 3.8) is 0 Å².